The lowest BCUT2D eigenvalue weighted by Crippen LogP contribution is -2.57. The van der Waals surface area contributed by atoms with Gasteiger partial charge in [-0.2, -0.15) is 0 Å². The van der Waals surface area contributed by atoms with Crippen molar-refractivity contribution in [2.75, 3.05) is 6.54 Å². The molecule has 0 saturated carbocycles. The molecule has 13 heteroatoms. The number of hydrogen-bond donors (Lipinski definition) is 7. The minimum absolute atomic E-state index is 0.0179. The van der Waals surface area contributed by atoms with Crippen LogP contribution in [0.1, 0.15) is 29.7 Å². The second kappa shape index (κ2) is 13.4. The number of H-pyrrole nitrogens is 2. The van der Waals surface area contributed by atoms with E-state index in [1.54, 1.807) is 24.5 Å². The lowest BCUT2D eigenvalue weighted by molar-refractivity contribution is -0.143. The third kappa shape index (κ3) is 7.06. The Bertz CT molecular complexity index is 1620. The van der Waals surface area contributed by atoms with Crippen LogP contribution in [0.15, 0.2) is 67.3 Å². The highest BCUT2D eigenvalue weighted by Crippen LogP contribution is 2.21. The van der Waals surface area contributed by atoms with Crippen molar-refractivity contribution in [2.24, 2.45) is 5.73 Å². The van der Waals surface area contributed by atoms with E-state index >= 15 is 0 Å². The molecule has 2 aromatic carbocycles. The van der Waals surface area contributed by atoms with E-state index in [-0.39, 0.29) is 30.9 Å². The summed E-state index contributed by atoms with van der Waals surface area (Å²) in [7, 11) is 0. The van der Waals surface area contributed by atoms with Gasteiger partial charge in [0, 0.05) is 54.8 Å². The molecule has 4 unspecified atom stereocenters. The molecule has 1 fully saturated rings. The normalized spacial score (nSPS) is 16.8. The number of nitrogens with one attached hydrogen (secondary N) is 4. The van der Waals surface area contributed by atoms with Crippen LogP contribution in [0.2, 0.25) is 0 Å². The molecule has 0 aliphatic carbocycles. The summed E-state index contributed by atoms with van der Waals surface area (Å²) in [5.74, 6) is -2.80. The molecule has 3 heterocycles. The number of imidazole rings is 1. The SMILES string of the molecule is NC(Cc1cnc[nH]1)C(=O)N1CCCC1C(=O)NC(Cc1ccc(O)cc1)C(=O)NC(Cc1c[nH]c2ccccc12)C(=O)O. The number of aromatic amines is 2. The molecule has 8 N–H and O–H groups in total. The van der Waals surface area contributed by atoms with Crippen molar-refractivity contribution < 1.29 is 29.4 Å². The van der Waals surface area contributed by atoms with Gasteiger partial charge in [-0.25, -0.2) is 9.78 Å². The van der Waals surface area contributed by atoms with Gasteiger partial charge in [-0.15, -0.1) is 0 Å². The monoisotopic (exact) mass is 601 g/mol. The minimum Gasteiger partial charge on any atom is -0.508 e. The number of nitrogens with two attached hydrogens (primary N) is 1. The molecule has 0 spiro atoms. The third-order valence-corrected chi connectivity index (χ3v) is 7.87. The van der Waals surface area contributed by atoms with Gasteiger partial charge in [0.25, 0.3) is 0 Å². The summed E-state index contributed by atoms with van der Waals surface area (Å²) in [5, 5.41) is 25.9. The van der Waals surface area contributed by atoms with Crippen molar-refractivity contribution in [1.29, 1.82) is 0 Å². The van der Waals surface area contributed by atoms with E-state index in [4.69, 9.17) is 5.73 Å². The van der Waals surface area contributed by atoms with Crippen LogP contribution in [0.5, 0.6) is 5.75 Å². The largest absolute Gasteiger partial charge is 0.508 e. The average Bonchev–Trinajstić information content (AvgIpc) is 3.79. The number of fused-ring (bicyclic) bond motifs is 1. The van der Waals surface area contributed by atoms with Gasteiger partial charge in [0.2, 0.25) is 17.7 Å². The number of carbonyl (C=O) groups excluding carboxylic acids is 3. The second-order valence-electron chi connectivity index (χ2n) is 11.0. The van der Waals surface area contributed by atoms with E-state index in [2.05, 4.69) is 25.6 Å². The maximum Gasteiger partial charge on any atom is 0.326 e. The molecule has 4 atom stereocenters. The van der Waals surface area contributed by atoms with Crippen LogP contribution in [-0.2, 0) is 38.4 Å². The van der Waals surface area contributed by atoms with Gasteiger partial charge in [-0.3, -0.25) is 14.4 Å². The molecular formula is C31H35N7O6. The summed E-state index contributed by atoms with van der Waals surface area (Å²) in [5.41, 5.74) is 9.06. The Morgan fingerprint density at radius 3 is 2.50 bits per heavy atom. The Hall–Kier alpha value is -5.17. The summed E-state index contributed by atoms with van der Waals surface area (Å²) < 4.78 is 0. The highest BCUT2D eigenvalue weighted by molar-refractivity contribution is 5.95. The number of para-hydroxylation sites is 1. The maximum atomic E-state index is 13.6. The number of phenols is 1. The molecular weight excluding hydrogens is 566 g/mol. The van der Waals surface area contributed by atoms with Gasteiger partial charge in [0.05, 0.1) is 12.4 Å². The summed E-state index contributed by atoms with van der Waals surface area (Å²) in [4.78, 5) is 64.0. The highest BCUT2D eigenvalue weighted by atomic mass is 16.4. The zero-order chi connectivity index (χ0) is 31.2. The van der Waals surface area contributed by atoms with E-state index in [1.807, 2.05) is 24.3 Å². The first kappa shape index (κ1) is 30.3. The van der Waals surface area contributed by atoms with Gasteiger partial charge in [0.15, 0.2) is 0 Å². The number of aromatic hydroxyl groups is 1. The molecule has 4 aromatic rings. The number of carbonyl (C=O) groups is 4. The molecule has 230 valence electrons. The number of benzene rings is 2. The standard InChI is InChI=1S/C31H35N7O6/c32-23(14-20-16-33-17-35-20)30(42)38-11-3-6-27(38)29(41)36-25(12-18-7-9-21(39)10-8-18)28(40)37-26(31(43)44)13-19-15-34-24-5-2-1-4-22(19)24/h1-2,4-5,7-10,15-17,23,25-27,34,39H,3,6,11-14,32H2,(H,33,35)(H,36,41)(H,37,40)(H,43,44). The lowest BCUT2D eigenvalue weighted by Gasteiger charge is -2.28. The summed E-state index contributed by atoms with van der Waals surface area (Å²) >= 11 is 0. The first-order chi connectivity index (χ1) is 21.2. The van der Waals surface area contributed by atoms with E-state index < -0.39 is 42.0 Å². The Balaban J connectivity index is 1.31. The number of carboxylic acid groups (broad SMARTS) is 1. The Labute approximate surface area is 252 Å². The molecule has 5 rings (SSSR count). The number of amides is 3. The first-order valence-corrected chi connectivity index (χ1v) is 14.4. The van der Waals surface area contributed by atoms with Crippen molar-refractivity contribution in [1.82, 2.24) is 30.5 Å². The van der Waals surface area contributed by atoms with Crippen LogP contribution in [0.3, 0.4) is 0 Å². The Kier molecular flexibility index (Phi) is 9.24. The molecule has 1 saturated heterocycles. The van der Waals surface area contributed by atoms with Gasteiger partial charge in [-0.05, 0) is 42.2 Å². The van der Waals surface area contributed by atoms with E-state index in [0.29, 0.717) is 30.6 Å². The smallest absolute Gasteiger partial charge is 0.326 e. The number of likely N-dealkylation sites (tertiary alicyclic amines) is 1. The highest BCUT2D eigenvalue weighted by Gasteiger charge is 2.38. The van der Waals surface area contributed by atoms with Crippen molar-refractivity contribution in [3.05, 3.63) is 84.1 Å². The number of phenolic OH excluding ortho intramolecular Hbond substituents is 1. The number of nitrogens with zero attached hydrogens (tertiary/aromatic N) is 2. The van der Waals surface area contributed by atoms with Crippen molar-refractivity contribution in [3.8, 4) is 5.75 Å². The molecule has 2 aromatic heterocycles. The average molecular weight is 602 g/mol. The zero-order valence-corrected chi connectivity index (χ0v) is 23.9. The number of aromatic nitrogens is 3. The fourth-order valence-corrected chi connectivity index (χ4v) is 5.57. The van der Waals surface area contributed by atoms with E-state index in [1.165, 1.54) is 23.4 Å². The fraction of sp³-hybridized carbons (Fsp3) is 0.323. The van der Waals surface area contributed by atoms with Crippen LogP contribution < -0.4 is 16.4 Å². The third-order valence-electron chi connectivity index (χ3n) is 7.87. The van der Waals surface area contributed by atoms with Gasteiger partial charge < -0.3 is 41.4 Å². The number of rotatable bonds is 12. The summed E-state index contributed by atoms with van der Waals surface area (Å²) in [6, 6.07) is 9.43. The topological polar surface area (TPSA) is 207 Å². The number of hydrogen-bond acceptors (Lipinski definition) is 7. The lowest BCUT2D eigenvalue weighted by atomic mass is 10.0. The molecule has 13 nitrogen and oxygen atoms in total. The molecule has 1 aliphatic heterocycles. The predicted molar refractivity (Wildman–Crippen MR) is 160 cm³/mol. The van der Waals surface area contributed by atoms with Crippen LogP contribution in [0.25, 0.3) is 10.9 Å². The molecule has 44 heavy (non-hydrogen) atoms. The van der Waals surface area contributed by atoms with Gasteiger partial charge >= 0.3 is 5.97 Å². The molecule has 1 aliphatic rings. The summed E-state index contributed by atoms with van der Waals surface area (Å²) in [6.07, 6.45) is 6.03. The second-order valence-corrected chi connectivity index (χ2v) is 11.0. The van der Waals surface area contributed by atoms with Crippen LogP contribution in [-0.4, -0.2) is 84.5 Å². The molecule has 0 bridgehead atoms. The number of aliphatic carboxylic acids is 1. The van der Waals surface area contributed by atoms with Gasteiger partial charge in [0.1, 0.15) is 23.9 Å². The van der Waals surface area contributed by atoms with E-state index in [9.17, 15) is 29.4 Å². The van der Waals surface area contributed by atoms with Crippen molar-refractivity contribution in [3.63, 3.8) is 0 Å². The Morgan fingerprint density at radius 2 is 1.77 bits per heavy atom. The fourth-order valence-electron chi connectivity index (χ4n) is 5.57. The number of carboxylic acids is 1. The minimum atomic E-state index is -1.27. The summed E-state index contributed by atoms with van der Waals surface area (Å²) in [6.45, 7) is 0.341. The molecule has 0 radical (unpaired) electrons. The van der Waals surface area contributed by atoms with E-state index in [0.717, 1.165) is 16.5 Å². The Morgan fingerprint density at radius 1 is 1.00 bits per heavy atom. The van der Waals surface area contributed by atoms with Crippen molar-refractivity contribution >= 4 is 34.6 Å². The first-order valence-electron chi connectivity index (χ1n) is 14.4. The van der Waals surface area contributed by atoms with Crippen LogP contribution in [0, 0.1) is 0 Å². The zero-order valence-electron chi connectivity index (χ0n) is 23.9. The predicted octanol–water partition coefficient (Wildman–Crippen LogP) is 0.997. The van der Waals surface area contributed by atoms with Crippen molar-refractivity contribution in [2.45, 2.75) is 56.3 Å². The molecule has 3 amide bonds. The van der Waals surface area contributed by atoms with Crippen LogP contribution in [0.4, 0.5) is 0 Å². The maximum absolute atomic E-state index is 13.6. The quantitative estimate of drug-likeness (QED) is 0.124. The van der Waals surface area contributed by atoms with Crippen LogP contribution >= 0.6 is 0 Å². The van der Waals surface area contributed by atoms with Gasteiger partial charge in [-0.1, -0.05) is 30.3 Å².